The van der Waals surface area contributed by atoms with Gasteiger partial charge >= 0.3 is 6.16 Å². The Labute approximate surface area is 260 Å². The molecule has 6 rings (SSSR count). The Bertz CT molecular complexity index is 1450. The van der Waals surface area contributed by atoms with Gasteiger partial charge in [0.1, 0.15) is 11.9 Å². The standard InChI is InChI=1S/C36H45N3O5/c1-24-19-29(13-18-34(24)42-2)26-9-7-25(8-10-26)22-38(35(40)27-11-16-33(17-12-27)44-36(41)43-3)32-6-4-5-28(20-32)30-21-37-39(23-30)31-14-15-31/h4-6,13,18-21,23,25-27,31,33H,7-12,14-17,22H2,1-3H3. The van der Waals surface area contributed by atoms with Crippen molar-refractivity contribution in [3.05, 3.63) is 66.0 Å². The molecule has 0 atom stereocenters. The van der Waals surface area contributed by atoms with E-state index in [9.17, 15) is 9.59 Å². The molecule has 2 aromatic carbocycles. The third-order valence-corrected chi connectivity index (χ3v) is 9.91. The molecule has 3 fully saturated rings. The monoisotopic (exact) mass is 599 g/mol. The quantitative estimate of drug-likeness (QED) is 0.233. The zero-order chi connectivity index (χ0) is 30.6. The zero-order valence-electron chi connectivity index (χ0n) is 26.2. The number of ether oxygens (including phenoxy) is 3. The van der Waals surface area contributed by atoms with Gasteiger partial charge in [-0.05, 0) is 118 Å². The van der Waals surface area contributed by atoms with E-state index in [1.54, 1.807) is 7.11 Å². The molecule has 0 bridgehead atoms. The second kappa shape index (κ2) is 13.4. The van der Waals surface area contributed by atoms with Crippen molar-refractivity contribution in [1.82, 2.24) is 9.78 Å². The van der Waals surface area contributed by atoms with Crippen molar-refractivity contribution in [2.24, 2.45) is 11.8 Å². The van der Waals surface area contributed by atoms with Gasteiger partial charge in [-0.1, -0.05) is 24.3 Å². The minimum Gasteiger partial charge on any atom is -0.496 e. The largest absolute Gasteiger partial charge is 0.508 e. The molecule has 44 heavy (non-hydrogen) atoms. The summed E-state index contributed by atoms with van der Waals surface area (Å²) in [7, 11) is 3.05. The van der Waals surface area contributed by atoms with Gasteiger partial charge in [0.25, 0.3) is 0 Å². The molecule has 0 saturated heterocycles. The van der Waals surface area contributed by atoms with Crippen molar-refractivity contribution in [2.75, 3.05) is 25.7 Å². The number of nitrogens with zero attached hydrogens (tertiary/aromatic N) is 3. The van der Waals surface area contributed by atoms with Gasteiger partial charge < -0.3 is 19.1 Å². The molecular formula is C36H45N3O5. The van der Waals surface area contributed by atoms with Crippen LogP contribution in [-0.2, 0) is 14.3 Å². The van der Waals surface area contributed by atoms with Crippen LogP contribution in [0.2, 0.25) is 0 Å². The summed E-state index contributed by atoms with van der Waals surface area (Å²) in [6.07, 6.45) is 12.8. The summed E-state index contributed by atoms with van der Waals surface area (Å²) in [4.78, 5) is 27.9. The highest BCUT2D eigenvalue weighted by Gasteiger charge is 2.34. The van der Waals surface area contributed by atoms with Gasteiger partial charge in [0.15, 0.2) is 0 Å². The molecule has 0 unspecified atom stereocenters. The van der Waals surface area contributed by atoms with Crippen LogP contribution in [0.25, 0.3) is 11.1 Å². The lowest BCUT2D eigenvalue weighted by atomic mass is 9.78. The van der Waals surface area contributed by atoms with E-state index in [0.29, 0.717) is 43.6 Å². The molecule has 0 aliphatic heterocycles. The fraction of sp³-hybridized carbons (Fsp3) is 0.528. The average molecular weight is 600 g/mol. The second-order valence-corrected chi connectivity index (χ2v) is 12.9. The van der Waals surface area contributed by atoms with Gasteiger partial charge in [-0.25, -0.2) is 4.79 Å². The van der Waals surface area contributed by atoms with Crippen LogP contribution in [-0.4, -0.2) is 48.7 Å². The first-order chi connectivity index (χ1) is 21.4. The minimum absolute atomic E-state index is 0.0904. The van der Waals surface area contributed by atoms with Crippen molar-refractivity contribution < 1.29 is 23.8 Å². The molecule has 0 spiro atoms. The van der Waals surface area contributed by atoms with E-state index in [4.69, 9.17) is 9.47 Å². The van der Waals surface area contributed by atoms with E-state index in [0.717, 1.165) is 54.8 Å². The number of hydrogen-bond donors (Lipinski definition) is 0. The van der Waals surface area contributed by atoms with Crippen LogP contribution < -0.4 is 9.64 Å². The number of aryl methyl sites for hydroxylation is 1. The Morgan fingerprint density at radius 3 is 2.36 bits per heavy atom. The molecule has 0 radical (unpaired) electrons. The normalized spacial score (nSPS) is 23.5. The first-order valence-electron chi connectivity index (χ1n) is 16.3. The summed E-state index contributed by atoms with van der Waals surface area (Å²) in [5.41, 5.74) is 5.69. The molecule has 8 heteroatoms. The number of hydrogen-bond acceptors (Lipinski definition) is 6. The summed E-state index contributed by atoms with van der Waals surface area (Å²) in [5, 5.41) is 4.60. The van der Waals surface area contributed by atoms with Crippen LogP contribution in [0.1, 0.15) is 87.3 Å². The Kier molecular flexibility index (Phi) is 9.24. The SMILES string of the molecule is COC(=O)OC1CCC(C(=O)N(CC2CCC(c3ccc(OC)c(C)c3)CC2)c2cccc(-c3cnn(C4CC4)c3)c2)CC1. The van der Waals surface area contributed by atoms with Crippen molar-refractivity contribution in [3.8, 4) is 16.9 Å². The van der Waals surface area contributed by atoms with Crippen LogP contribution in [0.15, 0.2) is 54.9 Å². The maximum Gasteiger partial charge on any atom is 0.508 e. The lowest BCUT2D eigenvalue weighted by Gasteiger charge is -2.36. The first kappa shape index (κ1) is 30.2. The number of amides is 1. The maximum absolute atomic E-state index is 14.3. The predicted octanol–water partition coefficient (Wildman–Crippen LogP) is 7.85. The van der Waals surface area contributed by atoms with Gasteiger partial charge in [0.05, 0.1) is 26.5 Å². The van der Waals surface area contributed by atoms with Crippen LogP contribution in [0, 0.1) is 18.8 Å². The van der Waals surface area contributed by atoms with Gasteiger partial charge in [0.2, 0.25) is 5.91 Å². The van der Waals surface area contributed by atoms with E-state index in [-0.39, 0.29) is 17.9 Å². The van der Waals surface area contributed by atoms with Crippen LogP contribution in [0.4, 0.5) is 10.5 Å². The highest BCUT2D eigenvalue weighted by atomic mass is 16.7. The van der Waals surface area contributed by atoms with Gasteiger partial charge in [0, 0.05) is 29.9 Å². The van der Waals surface area contributed by atoms with E-state index in [1.165, 1.54) is 31.1 Å². The molecular weight excluding hydrogens is 554 g/mol. The van der Waals surface area contributed by atoms with Crippen LogP contribution >= 0.6 is 0 Å². The first-order valence-corrected chi connectivity index (χ1v) is 16.3. The predicted molar refractivity (Wildman–Crippen MR) is 170 cm³/mol. The Morgan fingerprint density at radius 1 is 0.909 bits per heavy atom. The van der Waals surface area contributed by atoms with E-state index >= 15 is 0 Å². The molecule has 1 heterocycles. The van der Waals surface area contributed by atoms with Gasteiger partial charge in [-0.3, -0.25) is 9.48 Å². The van der Waals surface area contributed by atoms with Crippen LogP contribution in [0.5, 0.6) is 5.75 Å². The minimum atomic E-state index is -0.649. The van der Waals surface area contributed by atoms with Crippen molar-refractivity contribution in [1.29, 1.82) is 0 Å². The van der Waals surface area contributed by atoms with Crippen molar-refractivity contribution in [3.63, 3.8) is 0 Å². The van der Waals surface area contributed by atoms with E-state index < -0.39 is 6.16 Å². The summed E-state index contributed by atoms with van der Waals surface area (Å²) in [6.45, 7) is 2.83. The number of methoxy groups -OCH3 is 2. The molecule has 3 aliphatic carbocycles. The highest BCUT2D eigenvalue weighted by molar-refractivity contribution is 5.95. The average Bonchev–Trinajstić information content (AvgIpc) is 3.79. The van der Waals surface area contributed by atoms with E-state index in [2.05, 4.69) is 75.0 Å². The molecule has 234 valence electrons. The number of rotatable bonds is 9. The highest BCUT2D eigenvalue weighted by Crippen LogP contribution is 2.40. The fourth-order valence-corrected chi connectivity index (χ4v) is 7.13. The molecule has 3 aromatic rings. The smallest absolute Gasteiger partial charge is 0.496 e. The van der Waals surface area contributed by atoms with Gasteiger partial charge in [-0.15, -0.1) is 0 Å². The maximum atomic E-state index is 14.3. The van der Waals surface area contributed by atoms with Gasteiger partial charge in [-0.2, -0.15) is 5.10 Å². The third-order valence-electron chi connectivity index (χ3n) is 9.91. The summed E-state index contributed by atoms with van der Waals surface area (Å²) in [5.74, 6) is 2.00. The van der Waals surface area contributed by atoms with E-state index in [1.807, 2.05) is 6.20 Å². The molecule has 1 amide bonds. The second-order valence-electron chi connectivity index (χ2n) is 12.9. The number of aromatic nitrogens is 2. The molecule has 0 N–H and O–H groups in total. The number of carbonyl (C=O) groups is 2. The van der Waals surface area contributed by atoms with Crippen LogP contribution in [0.3, 0.4) is 0 Å². The van der Waals surface area contributed by atoms with Crippen molar-refractivity contribution in [2.45, 2.75) is 89.2 Å². The van der Waals surface area contributed by atoms with Crippen molar-refractivity contribution >= 4 is 17.7 Å². The number of anilines is 1. The fourth-order valence-electron chi connectivity index (χ4n) is 7.13. The Morgan fingerprint density at radius 2 is 1.68 bits per heavy atom. The summed E-state index contributed by atoms with van der Waals surface area (Å²) in [6, 6.07) is 15.5. The lowest BCUT2D eigenvalue weighted by molar-refractivity contribution is -0.124. The zero-order valence-corrected chi connectivity index (χ0v) is 26.2. The Balaban J connectivity index is 1.17. The molecule has 3 aliphatic rings. The number of carbonyl (C=O) groups excluding carboxylic acids is 2. The summed E-state index contributed by atoms with van der Waals surface area (Å²) >= 11 is 0. The third kappa shape index (κ3) is 6.95. The molecule has 8 nitrogen and oxygen atoms in total. The molecule has 3 saturated carbocycles. The lowest BCUT2D eigenvalue weighted by Crippen LogP contribution is -2.42. The molecule has 1 aromatic heterocycles. The topological polar surface area (TPSA) is 82.9 Å². The summed E-state index contributed by atoms with van der Waals surface area (Å²) < 4.78 is 17.6. The Hall–Kier alpha value is -3.81. The number of benzene rings is 2.